The SMILES string of the molecule is COCC(C)CC(NN)c1ccc(OC2CC2)cc1. The summed E-state index contributed by atoms with van der Waals surface area (Å²) in [6.07, 6.45) is 3.76. The van der Waals surface area contributed by atoms with Crippen molar-refractivity contribution in [3.05, 3.63) is 29.8 Å². The summed E-state index contributed by atoms with van der Waals surface area (Å²) < 4.78 is 10.9. The van der Waals surface area contributed by atoms with E-state index >= 15 is 0 Å². The number of hydrogen-bond acceptors (Lipinski definition) is 4. The Morgan fingerprint density at radius 3 is 2.53 bits per heavy atom. The number of hydrazine groups is 1. The standard InChI is InChI=1S/C15H24N2O2/c1-11(10-18-2)9-15(17-16)12-3-5-13(6-4-12)19-14-7-8-14/h3-6,11,14-15,17H,7-10,16H2,1-2H3. The summed E-state index contributed by atoms with van der Waals surface area (Å²) in [5, 5.41) is 0. The van der Waals surface area contributed by atoms with Crippen LogP contribution in [0.15, 0.2) is 24.3 Å². The number of nitrogens with two attached hydrogens (primary N) is 1. The van der Waals surface area contributed by atoms with Gasteiger partial charge in [0.2, 0.25) is 0 Å². The number of methoxy groups -OCH3 is 1. The molecular weight excluding hydrogens is 240 g/mol. The molecule has 1 saturated carbocycles. The molecule has 2 rings (SSSR count). The van der Waals surface area contributed by atoms with Crippen LogP contribution in [0.3, 0.4) is 0 Å². The summed E-state index contributed by atoms with van der Waals surface area (Å²) in [6.45, 7) is 2.92. The highest BCUT2D eigenvalue weighted by atomic mass is 16.5. The molecule has 4 heteroatoms. The third kappa shape index (κ3) is 4.49. The van der Waals surface area contributed by atoms with Gasteiger partial charge in [-0.15, -0.1) is 0 Å². The highest BCUT2D eigenvalue weighted by Gasteiger charge is 2.23. The van der Waals surface area contributed by atoms with Crippen molar-refractivity contribution in [3.63, 3.8) is 0 Å². The van der Waals surface area contributed by atoms with Gasteiger partial charge in [0.15, 0.2) is 0 Å². The molecule has 1 aliphatic carbocycles. The molecule has 0 heterocycles. The molecule has 0 aromatic heterocycles. The molecule has 19 heavy (non-hydrogen) atoms. The van der Waals surface area contributed by atoms with Gasteiger partial charge in [0.05, 0.1) is 6.10 Å². The van der Waals surface area contributed by atoms with Gasteiger partial charge in [-0.2, -0.15) is 0 Å². The molecule has 0 amide bonds. The molecule has 0 bridgehead atoms. The minimum absolute atomic E-state index is 0.153. The van der Waals surface area contributed by atoms with Gasteiger partial charge in [-0.05, 0) is 42.9 Å². The van der Waals surface area contributed by atoms with Crippen LogP contribution in [0.5, 0.6) is 5.75 Å². The first-order valence-corrected chi connectivity index (χ1v) is 6.94. The summed E-state index contributed by atoms with van der Waals surface area (Å²) in [5.41, 5.74) is 4.07. The van der Waals surface area contributed by atoms with Crippen molar-refractivity contribution in [2.45, 2.75) is 38.3 Å². The molecule has 3 N–H and O–H groups in total. The zero-order chi connectivity index (χ0) is 13.7. The van der Waals surface area contributed by atoms with Crippen molar-refractivity contribution < 1.29 is 9.47 Å². The van der Waals surface area contributed by atoms with Crippen LogP contribution in [-0.2, 0) is 4.74 Å². The van der Waals surface area contributed by atoms with Crippen LogP contribution in [0.2, 0.25) is 0 Å². The van der Waals surface area contributed by atoms with Crippen molar-refractivity contribution in [1.82, 2.24) is 5.43 Å². The smallest absolute Gasteiger partial charge is 0.119 e. The van der Waals surface area contributed by atoms with Gasteiger partial charge >= 0.3 is 0 Å². The predicted molar refractivity (Wildman–Crippen MR) is 75.8 cm³/mol. The lowest BCUT2D eigenvalue weighted by Gasteiger charge is -2.20. The zero-order valence-corrected chi connectivity index (χ0v) is 11.8. The summed E-state index contributed by atoms with van der Waals surface area (Å²) in [5.74, 6) is 7.07. The Hall–Kier alpha value is -1.10. The molecule has 0 spiro atoms. The summed E-state index contributed by atoms with van der Waals surface area (Å²) >= 11 is 0. The van der Waals surface area contributed by atoms with Gasteiger partial charge in [0.25, 0.3) is 0 Å². The second-order valence-electron chi connectivity index (χ2n) is 5.40. The molecule has 0 aliphatic heterocycles. The predicted octanol–water partition coefficient (Wildman–Crippen LogP) is 2.40. The molecule has 4 nitrogen and oxygen atoms in total. The summed E-state index contributed by atoms with van der Waals surface area (Å²) in [4.78, 5) is 0. The lowest BCUT2D eigenvalue weighted by atomic mass is 9.97. The number of ether oxygens (including phenoxy) is 2. The Labute approximate surface area is 115 Å². The van der Waals surface area contributed by atoms with Gasteiger partial charge in [-0.25, -0.2) is 0 Å². The van der Waals surface area contributed by atoms with Crippen LogP contribution < -0.4 is 16.0 Å². The molecular formula is C15H24N2O2. The Morgan fingerprint density at radius 2 is 2.00 bits per heavy atom. The molecule has 106 valence electrons. The van der Waals surface area contributed by atoms with E-state index in [4.69, 9.17) is 15.3 Å². The highest BCUT2D eigenvalue weighted by molar-refractivity contribution is 5.29. The van der Waals surface area contributed by atoms with Crippen LogP contribution in [0, 0.1) is 5.92 Å². The van der Waals surface area contributed by atoms with Gasteiger partial charge < -0.3 is 9.47 Å². The third-order valence-electron chi connectivity index (χ3n) is 3.40. The summed E-state index contributed by atoms with van der Waals surface area (Å²) in [7, 11) is 1.73. The number of hydrogen-bond donors (Lipinski definition) is 2. The van der Waals surface area contributed by atoms with E-state index in [-0.39, 0.29) is 6.04 Å². The van der Waals surface area contributed by atoms with Crippen LogP contribution in [-0.4, -0.2) is 19.8 Å². The van der Waals surface area contributed by atoms with E-state index in [0.29, 0.717) is 12.0 Å². The van der Waals surface area contributed by atoms with Crippen molar-refractivity contribution in [3.8, 4) is 5.75 Å². The fourth-order valence-corrected chi connectivity index (χ4v) is 2.21. The largest absolute Gasteiger partial charge is 0.490 e. The van der Waals surface area contributed by atoms with Crippen molar-refractivity contribution >= 4 is 0 Å². The van der Waals surface area contributed by atoms with E-state index in [9.17, 15) is 0 Å². The Kier molecular flexibility index (Phi) is 5.19. The van der Waals surface area contributed by atoms with Crippen LogP contribution in [0.1, 0.15) is 37.8 Å². The maximum absolute atomic E-state index is 5.74. The number of benzene rings is 1. The normalized spacial score (nSPS) is 18.1. The van der Waals surface area contributed by atoms with Crippen LogP contribution in [0.4, 0.5) is 0 Å². The first kappa shape index (κ1) is 14.3. The first-order chi connectivity index (χ1) is 9.22. The van der Waals surface area contributed by atoms with Gasteiger partial charge in [-0.1, -0.05) is 19.1 Å². The lowest BCUT2D eigenvalue weighted by Crippen LogP contribution is -2.30. The molecule has 2 atom stereocenters. The van der Waals surface area contributed by atoms with Crippen LogP contribution >= 0.6 is 0 Å². The molecule has 0 saturated heterocycles. The second-order valence-corrected chi connectivity index (χ2v) is 5.40. The minimum Gasteiger partial charge on any atom is -0.490 e. The van der Waals surface area contributed by atoms with E-state index in [1.54, 1.807) is 7.11 Å². The molecule has 2 unspecified atom stereocenters. The summed E-state index contributed by atoms with van der Waals surface area (Å²) in [6, 6.07) is 8.38. The molecule has 1 fully saturated rings. The zero-order valence-electron chi connectivity index (χ0n) is 11.8. The van der Waals surface area contributed by atoms with E-state index < -0.39 is 0 Å². The average Bonchev–Trinajstić information content (AvgIpc) is 3.21. The fourth-order valence-electron chi connectivity index (χ4n) is 2.21. The average molecular weight is 264 g/mol. The molecule has 1 aromatic carbocycles. The number of nitrogens with one attached hydrogen (secondary N) is 1. The fraction of sp³-hybridized carbons (Fsp3) is 0.600. The maximum Gasteiger partial charge on any atom is 0.119 e. The Balaban J connectivity index is 1.93. The van der Waals surface area contributed by atoms with Gasteiger partial charge in [-0.3, -0.25) is 11.3 Å². The van der Waals surface area contributed by atoms with Crippen molar-refractivity contribution in [2.24, 2.45) is 11.8 Å². The number of rotatable bonds is 8. The molecule has 1 aliphatic rings. The monoisotopic (exact) mass is 264 g/mol. The van der Waals surface area contributed by atoms with E-state index in [2.05, 4.69) is 24.5 Å². The van der Waals surface area contributed by atoms with Crippen LogP contribution in [0.25, 0.3) is 0 Å². The second kappa shape index (κ2) is 6.89. The van der Waals surface area contributed by atoms with Crippen molar-refractivity contribution in [1.29, 1.82) is 0 Å². The quantitative estimate of drug-likeness (QED) is 0.559. The van der Waals surface area contributed by atoms with Gasteiger partial charge in [0, 0.05) is 19.8 Å². The minimum atomic E-state index is 0.153. The Morgan fingerprint density at radius 1 is 1.32 bits per heavy atom. The van der Waals surface area contributed by atoms with E-state index in [0.717, 1.165) is 18.8 Å². The topological polar surface area (TPSA) is 56.5 Å². The van der Waals surface area contributed by atoms with E-state index in [1.807, 2.05) is 12.1 Å². The lowest BCUT2D eigenvalue weighted by molar-refractivity contribution is 0.149. The first-order valence-electron chi connectivity index (χ1n) is 6.94. The Bertz CT molecular complexity index is 376. The van der Waals surface area contributed by atoms with E-state index in [1.165, 1.54) is 18.4 Å². The molecule has 1 aromatic rings. The maximum atomic E-state index is 5.74. The van der Waals surface area contributed by atoms with Gasteiger partial charge in [0.1, 0.15) is 5.75 Å². The van der Waals surface area contributed by atoms with Crippen molar-refractivity contribution in [2.75, 3.05) is 13.7 Å². The molecule has 0 radical (unpaired) electrons. The highest BCUT2D eigenvalue weighted by Crippen LogP contribution is 2.28. The third-order valence-corrected chi connectivity index (χ3v) is 3.40.